The summed E-state index contributed by atoms with van der Waals surface area (Å²) in [5.74, 6) is -0.0482. The van der Waals surface area contributed by atoms with E-state index in [9.17, 15) is 14.4 Å². The van der Waals surface area contributed by atoms with E-state index in [0.717, 1.165) is 12.8 Å². The summed E-state index contributed by atoms with van der Waals surface area (Å²) in [6.07, 6.45) is 2.22. The van der Waals surface area contributed by atoms with Crippen molar-refractivity contribution < 1.29 is 4.79 Å². The number of nitriles is 1. The van der Waals surface area contributed by atoms with E-state index >= 15 is 0 Å². The molecule has 0 fully saturated rings. The molecule has 132 valence electrons. The third-order valence-corrected chi connectivity index (χ3v) is 4.14. The van der Waals surface area contributed by atoms with Crippen molar-refractivity contribution in [3.8, 4) is 6.07 Å². The molecule has 0 saturated heterocycles. The monoisotopic (exact) mass is 353 g/mol. The van der Waals surface area contributed by atoms with E-state index in [0.29, 0.717) is 19.5 Å². The number of nitrogen functional groups attached to an aromatic ring is 1. The smallest absolute Gasteiger partial charge is 0.330 e. The van der Waals surface area contributed by atoms with E-state index in [4.69, 9.17) is 11.0 Å². The number of nitrogens with zero attached hydrogens (tertiary/aromatic N) is 3. The molecule has 3 N–H and O–H groups in total. The second-order valence-electron chi connectivity index (χ2n) is 5.19. The minimum absolute atomic E-state index is 0.00397. The quantitative estimate of drug-likeness (QED) is 0.636. The molecular weight excluding hydrogens is 330 g/mol. The molecule has 0 aromatic carbocycles. The Bertz CT molecular complexity index is 719. The maximum Gasteiger partial charge on any atom is 0.330 e. The van der Waals surface area contributed by atoms with Gasteiger partial charge >= 0.3 is 5.69 Å². The number of aromatic nitrogens is 2. The Morgan fingerprint density at radius 3 is 2.67 bits per heavy atom. The fraction of sp³-hybridized carbons (Fsp3) is 0.600. The van der Waals surface area contributed by atoms with Crippen molar-refractivity contribution in [2.75, 3.05) is 28.7 Å². The van der Waals surface area contributed by atoms with Gasteiger partial charge in [-0.3, -0.25) is 19.1 Å². The number of rotatable bonds is 9. The molecule has 0 bridgehead atoms. The predicted octanol–water partition coefficient (Wildman–Crippen LogP) is 0.919. The van der Waals surface area contributed by atoms with Crippen LogP contribution in [0.5, 0.6) is 0 Å². The van der Waals surface area contributed by atoms with Crippen molar-refractivity contribution >= 4 is 29.2 Å². The molecule has 0 atom stereocenters. The zero-order chi connectivity index (χ0) is 18.1. The highest BCUT2D eigenvalue weighted by Crippen LogP contribution is 2.19. The van der Waals surface area contributed by atoms with Crippen LogP contribution >= 0.6 is 11.8 Å². The van der Waals surface area contributed by atoms with Gasteiger partial charge in [-0.2, -0.15) is 5.26 Å². The average Bonchev–Trinajstić information content (AvgIpc) is 2.53. The third-order valence-electron chi connectivity index (χ3n) is 3.36. The van der Waals surface area contributed by atoms with Crippen LogP contribution in [0, 0.1) is 11.3 Å². The Labute approximate surface area is 144 Å². The molecule has 0 saturated carbocycles. The Balaban J connectivity index is 3.27. The van der Waals surface area contributed by atoms with Crippen LogP contribution in [0.1, 0.15) is 33.1 Å². The summed E-state index contributed by atoms with van der Waals surface area (Å²) in [4.78, 5) is 40.2. The number of hydrogen-bond donors (Lipinski definition) is 2. The molecule has 0 aliphatic carbocycles. The maximum absolute atomic E-state index is 12.4. The van der Waals surface area contributed by atoms with Crippen LogP contribution in [0.3, 0.4) is 0 Å². The molecule has 0 aliphatic rings. The number of thioether (sulfide) groups is 1. The van der Waals surface area contributed by atoms with Crippen LogP contribution in [0.25, 0.3) is 0 Å². The molecule has 1 heterocycles. The molecule has 24 heavy (non-hydrogen) atoms. The highest BCUT2D eigenvalue weighted by Gasteiger charge is 2.23. The van der Waals surface area contributed by atoms with Gasteiger partial charge in [0, 0.05) is 13.1 Å². The second kappa shape index (κ2) is 9.82. The number of carbonyl (C=O) groups excluding carboxylic acids is 1. The van der Waals surface area contributed by atoms with E-state index < -0.39 is 11.2 Å². The fourth-order valence-electron chi connectivity index (χ4n) is 2.22. The Hall–Kier alpha value is -2.21. The number of anilines is 2. The highest BCUT2D eigenvalue weighted by molar-refractivity contribution is 8.00. The largest absolute Gasteiger partial charge is 0.383 e. The molecule has 1 amide bonds. The van der Waals surface area contributed by atoms with Crippen LogP contribution in [0.15, 0.2) is 9.59 Å². The molecule has 1 aromatic heterocycles. The van der Waals surface area contributed by atoms with Crippen LogP contribution in [0.4, 0.5) is 11.5 Å². The number of aromatic amines is 1. The summed E-state index contributed by atoms with van der Waals surface area (Å²) < 4.78 is 1.29. The molecule has 9 heteroatoms. The lowest BCUT2D eigenvalue weighted by atomic mass is 10.3. The Morgan fingerprint density at radius 1 is 1.38 bits per heavy atom. The predicted molar refractivity (Wildman–Crippen MR) is 96.2 cm³/mol. The highest BCUT2D eigenvalue weighted by atomic mass is 32.2. The van der Waals surface area contributed by atoms with Gasteiger partial charge in [-0.25, -0.2) is 4.79 Å². The number of H-pyrrole nitrogens is 1. The fourth-order valence-corrected chi connectivity index (χ4v) is 2.75. The van der Waals surface area contributed by atoms with Gasteiger partial charge in [0.2, 0.25) is 5.91 Å². The van der Waals surface area contributed by atoms with E-state index in [-0.39, 0.29) is 28.9 Å². The number of nitrogens with one attached hydrogen (secondary N) is 1. The van der Waals surface area contributed by atoms with Crippen molar-refractivity contribution in [3.63, 3.8) is 0 Å². The molecule has 8 nitrogen and oxygen atoms in total. The van der Waals surface area contributed by atoms with Crippen LogP contribution in [-0.2, 0) is 11.3 Å². The lowest BCUT2D eigenvalue weighted by molar-refractivity contribution is -0.116. The number of nitrogens with two attached hydrogens (primary N) is 1. The summed E-state index contributed by atoms with van der Waals surface area (Å²) in [7, 11) is 0. The molecule has 0 aliphatic heterocycles. The first-order valence-corrected chi connectivity index (χ1v) is 9.00. The van der Waals surface area contributed by atoms with Gasteiger partial charge in [-0.15, -0.1) is 11.8 Å². The SMILES string of the molecule is CCCCn1c(N)c(N(CCC)C(=O)CSCC#N)c(=O)[nH]c1=O. The minimum atomic E-state index is -0.669. The Kier molecular flexibility index (Phi) is 8.12. The van der Waals surface area contributed by atoms with Gasteiger partial charge in [0.15, 0.2) is 5.69 Å². The zero-order valence-electron chi connectivity index (χ0n) is 14.0. The van der Waals surface area contributed by atoms with Crippen molar-refractivity contribution in [3.05, 3.63) is 20.8 Å². The van der Waals surface area contributed by atoms with E-state index in [2.05, 4.69) is 4.98 Å². The van der Waals surface area contributed by atoms with Gasteiger partial charge < -0.3 is 10.6 Å². The molecular formula is C15H23N5O3S. The van der Waals surface area contributed by atoms with E-state index in [1.54, 1.807) is 0 Å². The third kappa shape index (κ3) is 4.89. The van der Waals surface area contributed by atoms with Crippen molar-refractivity contribution in [1.29, 1.82) is 5.26 Å². The molecule has 1 rings (SSSR count). The van der Waals surface area contributed by atoms with Gasteiger partial charge in [0.05, 0.1) is 17.6 Å². The van der Waals surface area contributed by atoms with Crippen molar-refractivity contribution in [1.82, 2.24) is 9.55 Å². The first-order valence-electron chi connectivity index (χ1n) is 7.85. The molecule has 0 radical (unpaired) electrons. The number of carbonyl (C=O) groups is 1. The number of amides is 1. The number of hydrogen-bond acceptors (Lipinski definition) is 6. The van der Waals surface area contributed by atoms with Crippen molar-refractivity contribution in [2.45, 2.75) is 39.7 Å². The minimum Gasteiger partial charge on any atom is -0.383 e. The summed E-state index contributed by atoms with van der Waals surface area (Å²) in [5.41, 5.74) is 4.81. The molecule has 0 unspecified atom stereocenters. The van der Waals surface area contributed by atoms with Gasteiger partial charge in [-0.1, -0.05) is 20.3 Å². The summed E-state index contributed by atoms with van der Waals surface area (Å²) >= 11 is 1.17. The van der Waals surface area contributed by atoms with Gasteiger partial charge in [0.1, 0.15) is 5.82 Å². The first kappa shape index (κ1) is 19.8. The average molecular weight is 353 g/mol. The lowest BCUT2D eigenvalue weighted by Crippen LogP contribution is -2.42. The normalized spacial score (nSPS) is 10.4. The first-order chi connectivity index (χ1) is 11.5. The Morgan fingerprint density at radius 2 is 2.08 bits per heavy atom. The van der Waals surface area contributed by atoms with Crippen LogP contribution < -0.4 is 21.9 Å². The maximum atomic E-state index is 12.4. The van der Waals surface area contributed by atoms with E-state index in [1.807, 2.05) is 19.9 Å². The van der Waals surface area contributed by atoms with Gasteiger partial charge in [-0.05, 0) is 12.8 Å². The summed E-state index contributed by atoms with van der Waals surface area (Å²) in [6, 6.07) is 1.95. The van der Waals surface area contributed by atoms with Gasteiger partial charge in [0.25, 0.3) is 5.56 Å². The van der Waals surface area contributed by atoms with Crippen LogP contribution in [-0.4, -0.2) is 33.5 Å². The van der Waals surface area contributed by atoms with E-state index in [1.165, 1.54) is 21.2 Å². The lowest BCUT2D eigenvalue weighted by Gasteiger charge is -2.24. The molecule has 1 aromatic rings. The standard InChI is InChI=1S/C15H23N5O3S/c1-3-5-8-20-13(17)12(14(22)18-15(20)23)19(7-4-2)11(21)10-24-9-6-16/h3-5,7-10,17H2,1-2H3,(H,18,22,23). The summed E-state index contributed by atoms with van der Waals surface area (Å²) in [6.45, 7) is 4.54. The second-order valence-corrected chi connectivity index (χ2v) is 6.18. The number of unbranched alkanes of at least 4 members (excludes halogenated alkanes) is 1. The van der Waals surface area contributed by atoms with Crippen molar-refractivity contribution in [2.24, 2.45) is 0 Å². The topological polar surface area (TPSA) is 125 Å². The van der Waals surface area contributed by atoms with Crippen LogP contribution in [0.2, 0.25) is 0 Å². The zero-order valence-corrected chi connectivity index (χ0v) is 14.8. The molecule has 0 spiro atoms. The summed E-state index contributed by atoms with van der Waals surface area (Å²) in [5, 5.41) is 8.57.